The van der Waals surface area contributed by atoms with E-state index in [1.54, 1.807) is 0 Å². The molecule has 0 radical (unpaired) electrons. The van der Waals surface area contributed by atoms with Crippen LogP contribution in [0.2, 0.25) is 0 Å². The molecule has 0 aliphatic rings. The predicted octanol–water partition coefficient (Wildman–Crippen LogP) is 23.4. The molecule has 0 saturated carbocycles. The Labute approximate surface area is 600 Å². The lowest BCUT2D eigenvalue weighted by Gasteiger charge is -2.21. The molecular formula is C79H154O17P2. The van der Waals surface area contributed by atoms with Crippen molar-refractivity contribution in [3.8, 4) is 0 Å². The Morgan fingerprint density at radius 1 is 0.296 bits per heavy atom. The van der Waals surface area contributed by atoms with Gasteiger partial charge in [-0.05, 0) is 43.4 Å². The molecule has 0 aliphatic heterocycles. The largest absolute Gasteiger partial charge is 0.472 e. The summed E-state index contributed by atoms with van der Waals surface area (Å²) >= 11 is 0. The fourth-order valence-electron chi connectivity index (χ4n) is 12.1. The van der Waals surface area contributed by atoms with Crippen molar-refractivity contribution in [1.29, 1.82) is 0 Å². The SMILES string of the molecule is CCCCCCCCCCCCCC(=O)OC[C@H](COP(=O)(O)OC[C@H](O)COP(=O)(O)OC[C@@H](COC(=O)CCCCCCCCCCCCC(C)CC)OC(=O)CCCCCCCCCCCCCCCCCCCCC(C)CC)OC(=O)CCCCCCCCCCC(C)C. The Morgan fingerprint density at radius 3 is 0.776 bits per heavy atom. The highest BCUT2D eigenvalue weighted by Crippen LogP contribution is 2.45. The van der Waals surface area contributed by atoms with Gasteiger partial charge in [0, 0.05) is 25.7 Å². The van der Waals surface area contributed by atoms with Crippen molar-refractivity contribution >= 4 is 39.5 Å². The van der Waals surface area contributed by atoms with E-state index in [2.05, 4.69) is 48.5 Å². The molecule has 0 heterocycles. The molecule has 0 rings (SSSR count). The lowest BCUT2D eigenvalue weighted by Crippen LogP contribution is -2.30. The van der Waals surface area contributed by atoms with Gasteiger partial charge in [-0.3, -0.25) is 37.3 Å². The van der Waals surface area contributed by atoms with E-state index >= 15 is 0 Å². The minimum absolute atomic E-state index is 0.105. The summed E-state index contributed by atoms with van der Waals surface area (Å²) in [6.07, 6.45) is 56.8. The number of ether oxygens (including phenoxy) is 4. The molecule has 17 nitrogen and oxygen atoms in total. The van der Waals surface area contributed by atoms with Crippen LogP contribution >= 0.6 is 15.6 Å². The van der Waals surface area contributed by atoms with Crippen molar-refractivity contribution < 1.29 is 80.2 Å². The van der Waals surface area contributed by atoms with Crippen LogP contribution in [-0.4, -0.2) is 96.7 Å². The van der Waals surface area contributed by atoms with Crippen LogP contribution in [0.4, 0.5) is 0 Å². The topological polar surface area (TPSA) is 237 Å². The van der Waals surface area contributed by atoms with E-state index in [0.717, 1.165) is 108 Å². The van der Waals surface area contributed by atoms with E-state index in [9.17, 15) is 43.2 Å². The molecule has 0 saturated heterocycles. The summed E-state index contributed by atoms with van der Waals surface area (Å²) in [6, 6.07) is 0. The van der Waals surface area contributed by atoms with Gasteiger partial charge in [0.05, 0.1) is 26.4 Å². The molecule has 0 aromatic rings. The Balaban J connectivity index is 5.20. The first kappa shape index (κ1) is 96.1. The van der Waals surface area contributed by atoms with Gasteiger partial charge in [-0.25, -0.2) is 9.13 Å². The Hall–Kier alpha value is -1.94. The van der Waals surface area contributed by atoms with Crippen LogP contribution in [0.5, 0.6) is 0 Å². The molecule has 0 fully saturated rings. The summed E-state index contributed by atoms with van der Waals surface area (Å²) in [7, 11) is -9.91. The number of aliphatic hydroxyl groups excluding tert-OH is 1. The summed E-state index contributed by atoms with van der Waals surface area (Å²) in [5.74, 6) is 0.283. The Kier molecular flexibility index (Phi) is 68.1. The highest BCUT2D eigenvalue weighted by atomic mass is 31.2. The number of hydrogen-bond donors (Lipinski definition) is 3. The number of carbonyl (C=O) groups excluding carboxylic acids is 4. The Morgan fingerprint density at radius 2 is 0.520 bits per heavy atom. The van der Waals surface area contributed by atoms with Crippen LogP contribution < -0.4 is 0 Å². The molecule has 0 amide bonds. The standard InChI is InChI=1S/C79H154O17P2/c1-8-11-12-13-14-15-24-31-39-46-53-60-76(81)89-67-75(96-79(84)63-56-49-42-35-34-36-43-50-57-70(4)5)69-94-98(87,88)92-65-73(80)64-91-97(85,86)93-68-74(66-90-77(82)61-54-47-40-32-28-27-30-38-45-52-59-72(7)10-3)95-78(83)62-55-48-41-33-26-23-21-19-17-16-18-20-22-25-29-37-44-51-58-71(6)9-2/h70-75,80H,8-69H2,1-7H3,(H,85,86)(H,87,88)/t71?,72?,73-,74-,75-/m1/s1. The van der Waals surface area contributed by atoms with Crippen molar-refractivity contribution in [1.82, 2.24) is 0 Å². The summed E-state index contributed by atoms with van der Waals surface area (Å²) in [5, 5.41) is 10.6. The van der Waals surface area contributed by atoms with Crippen molar-refractivity contribution in [2.75, 3.05) is 39.6 Å². The average Bonchev–Trinajstić information content (AvgIpc) is 3.71. The molecule has 0 bridgehead atoms. The molecule has 98 heavy (non-hydrogen) atoms. The second-order valence-electron chi connectivity index (χ2n) is 29.4. The number of unbranched alkanes of at least 4 members (excludes halogenated alkanes) is 43. The van der Waals surface area contributed by atoms with Gasteiger partial charge in [-0.15, -0.1) is 0 Å². The molecule has 0 spiro atoms. The number of phosphoric acid groups is 2. The van der Waals surface area contributed by atoms with Crippen molar-refractivity contribution in [3.63, 3.8) is 0 Å². The maximum atomic E-state index is 13.1. The third-order valence-corrected chi connectivity index (χ3v) is 21.0. The number of rotatable bonds is 77. The second kappa shape index (κ2) is 69.4. The van der Waals surface area contributed by atoms with Crippen LogP contribution in [0.25, 0.3) is 0 Å². The monoisotopic (exact) mass is 1440 g/mol. The zero-order valence-electron chi connectivity index (χ0n) is 64.3. The summed E-state index contributed by atoms with van der Waals surface area (Å²) < 4.78 is 68.6. The van der Waals surface area contributed by atoms with Crippen LogP contribution in [-0.2, 0) is 65.4 Å². The Bertz CT molecular complexity index is 1910. The smallest absolute Gasteiger partial charge is 0.462 e. The van der Waals surface area contributed by atoms with Gasteiger partial charge in [0.1, 0.15) is 19.3 Å². The number of esters is 4. The third kappa shape index (κ3) is 69.8. The minimum atomic E-state index is -4.96. The third-order valence-electron chi connectivity index (χ3n) is 19.1. The number of hydrogen-bond acceptors (Lipinski definition) is 15. The van der Waals surface area contributed by atoms with Crippen LogP contribution in [0.15, 0.2) is 0 Å². The van der Waals surface area contributed by atoms with Crippen LogP contribution in [0.1, 0.15) is 408 Å². The molecule has 0 aliphatic carbocycles. The van der Waals surface area contributed by atoms with Gasteiger partial charge < -0.3 is 33.8 Å². The summed E-state index contributed by atoms with van der Waals surface area (Å²) in [4.78, 5) is 72.9. The van der Waals surface area contributed by atoms with Crippen LogP contribution in [0, 0.1) is 17.8 Å². The van der Waals surface area contributed by atoms with Gasteiger partial charge >= 0.3 is 39.5 Å². The van der Waals surface area contributed by atoms with Gasteiger partial charge in [0.2, 0.25) is 0 Å². The highest BCUT2D eigenvalue weighted by Gasteiger charge is 2.30. The lowest BCUT2D eigenvalue weighted by molar-refractivity contribution is -0.161. The van der Waals surface area contributed by atoms with Gasteiger partial charge in [-0.2, -0.15) is 0 Å². The van der Waals surface area contributed by atoms with Crippen molar-refractivity contribution in [2.45, 2.75) is 426 Å². The molecule has 19 heteroatoms. The molecule has 4 unspecified atom stereocenters. The van der Waals surface area contributed by atoms with Crippen molar-refractivity contribution in [3.05, 3.63) is 0 Å². The van der Waals surface area contributed by atoms with Gasteiger partial charge in [-0.1, -0.05) is 357 Å². The molecular weight excluding hydrogens is 1280 g/mol. The number of carbonyl (C=O) groups is 4. The van der Waals surface area contributed by atoms with E-state index in [4.69, 9.17) is 37.0 Å². The van der Waals surface area contributed by atoms with Crippen molar-refractivity contribution in [2.24, 2.45) is 17.8 Å². The van der Waals surface area contributed by atoms with E-state index in [1.165, 1.54) is 218 Å². The lowest BCUT2D eigenvalue weighted by atomic mass is 9.99. The first-order chi connectivity index (χ1) is 47.3. The predicted molar refractivity (Wildman–Crippen MR) is 400 cm³/mol. The van der Waals surface area contributed by atoms with E-state index in [1.807, 2.05) is 0 Å². The zero-order chi connectivity index (χ0) is 72.3. The average molecular weight is 1440 g/mol. The molecule has 0 aromatic carbocycles. The number of phosphoric ester groups is 2. The normalized spacial score (nSPS) is 14.6. The van der Waals surface area contributed by atoms with E-state index < -0.39 is 97.5 Å². The molecule has 3 N–H and O–H groups in total. The van der Waals surface area contributed by atoms with Gasteiger partial charge in [0.15, 0.2) is 12.2 Å². The quantitative estimate of drug-likeness (QED) is 0.0222. The fraction of sp³-hybridized carbons (Fsp3) is 0.949. The summed E-state index contributed by atoms with van der Waals surface area (Å²) in [5.41, 5.74) is 0. The summed E-state index contributed by atoms with van der Waals surface area (Å²) in [6.45, 7) is 12.0. The van der Waals surface area contributed by atoms with Crippen LogP contribution in [0.3, 0.4) is 0 Å². The van der Waals surface area contributed by atoms with Gasteiger partial charge in [0.25, 0.3) is 0 Å². The molecule has 7 atom stereocenters. The fourth-order valence-corrected chi connectivity index (χ4v) is 13.6. The minimum Gasteiger partial charge on any atom is -0.462 e. The zero-order valence-corrected chi connectivity index (χ0v) is 66.0. The van der Waals surface area contributed by atoms with E-state index in [-0.39, 0.29) is 25.7 Å². The molecule has 582 valence electrons. The highest BCUT2D eigenvalue weighted by molar-refractivity contribution is 7.47. The first-order valence-electron chi connectivity index (χ1n) is 40.9. The van der Waals surface area contributed by atoms with E-state index in [0.29, 0.717) is 25.7 Å². The first-order valence-corrected chi connectivity index (χ1v) is 43.9. The molecule has 0 aromatic heterocycles. The maximum absolute atomic E-state index is 13.1. The second-order valence-corrected chi connectivity index (χ2v) is 32.3. The number of aliphatic hydroxyl groups is 1. The maximum Gasteiger partial charge on any atom is 0.472 e.